The fourth-order valence-electron chi connectivity index (χ4n) is 1.04. The fraction of sp³-hybridized carbons (Fsp3) is 0.250. The van der Waals surface area contributed by atoms with Crippen LogP contribution >= 0.6 is 0 Å². The van der Waals surface area contributed by atoms with Crippen LogP contribution in [0, 0.1) is 11.8 Å². The van der Waals surface area contributed by atoms with Crippen LogP contribution in [0.3, 0.4) is 0 Å². The van der Waals surface area contributed by atoms with Crippen molar-refractivity contribution in [1.82, 2.24) is 0 Å². The largest absolute Gasteiger partial charge is 0.491 e. The van der Waals surface area contributed by atoms with E-state index < -0.39 is 5.97 Å². The van der Waals surface area contributed by atoms with Gasteiger partial charge in [0.2, 0.25) is 0 Å². The average Bonchev–Trinajstić information content (AvgIpc) is 2.14. The van der Waals surface area contributed by atoms with Crippen molar-refractivity contribution in [3.05, 3.63) is 29.8 Å². The van der Waals surface area contributed by atoms with E-state index in [1.165, 1.54) is 0 Å². The van der Waals surface area contributed by atoms with Crippen LogP contribution in [0.1, 0.15) is 19.4 Å². The van der Waals surface area contributed by atoms with Crippen molar-refractivity contribution < 1.29 is 14.6 Å². The molecule has 1 N–H and O–H groups in total. The molecular formula is C12H12O3. The molecule has 0 radical (unpaired) electrons. The molecule has 0 fully saturated rings. The van der Waals surface area contributed by atoms with Gasteiger partial charge in [0.05, 0.1) is 6.10 Å². The van der Waals surface area contributed by atoms with Crippen molar-refractivity contribution in [3.63, 3.8) is 0 Å². The summed E-state index contributed by atoms with van der Waals surface area (Å²) in [6, 6.07) is 7.05. The number of carboxylic acids is 1. The molecule has 3 nitrogen and oxygen atoms in total. The van der Waals surface area contributed by atoms with Gasteiger partial charge in [0, 0.05) is 11.5 Å². The summed E-state index contributed by atoms with van der Waals surface area (Å²) >= 11 is 0. The molecule has 0 atom stereocenters. The maximum atomic E-state index is 10.2. The first-order valence-electron chi connectivity index (χ1n) is 4.59. The highest BCUT2D eigenvalue weighted by Gasteiger charge is 1.97. The van der Waals surface area contributed by atoms with E-state index in [9.17, 15) is 4.79 Å². The minimum atomic E-state index is -1.13. The Morgan fingerprint density at radius 2 is 2.20 bits per heavy atom. The van der Waals surface area contributed by atoms with Crippen LogP contribution in [0.5, 0.6) is 5.75 Å². The van der Waals surface area contributed by atoms with E-state index in [1.54, 1.807) is 18.2 Å². The first kappa shape index (κ1) is 11.1. The van der Waals surface area contributed by atoms with Gasteiger partial charge in [-0.3, -0.25) is 0 Å². The fourth-order valence-corrected chi connectivity index (χ4v) is 1.04. The maximum Gasteiger partial charge on any atom is 0.382 e. The van der Waals surface area contributed by atoms with Crippen molar-refractivity contribution in [3.8, 4) is 17.6 Å². The van der Waals surface area contributed by atoms with Gasteiger partial charge in [-0.2, -0.15) is 0 Å². The Morgan fingerprint density at radius 1 is 1.47 bits per heavy atom. The van der Waals surface area contributed by atoms with Crippen LogP contribution in [0.4, 0.5) is 0 Å². The molecule has 0 amide bonds. The summed E-state index contributed by atoms with van der Waals surface area (Å²) in [6.45, 7) is 3.85. The van der Waals surface area contributed by atoms with Gasteiger partial charge >= 0.3 is 5.97 Å². The molecule has 0 aliphatic rings. The highest BCUT2D eigenvalue weighted by Crippen LogP contribution is 2.13. The van der Waals surface area contributed by atoms with Gasteiger partial charge < -0.3 is 9.84 Å². The summed E-state index contributed by atoms with van der Waals surface area (Å²) in [5.74, 6) is 4.14. The third-order valence-corrected chi connectivity index (χ3v) is 1.52. The van der Waals surface area contributed by atoms with Crippen LogP contribution < -0.4 is 4.74 Å². The lowest BCUT2D eigenvalue weighted by Crippen LogP contribution is -2.05. The third kappa shape index (κ3) is 4.19. The summed E-state index contributed by atoms with van der Waals surface area (Å²) in [5, 5.41) is 8.38. The van der Waals surface area contributed by atoms with E-state index >= 15 is 0 Å². The molecular weight excluding hydrogens is 192 g/mol. The molecule has 1 rings (SSSR count). The van der Waals surface area contributed by atoms with Crippen molar-refractivity contribution in [2.75, 3.05) is 0 Å². The van der Waals surface area contributed by atoms with Crippen LogP contribution in [0.2, 0.25) is 0 Å². The molecule has 0 aliphatic heterocycles. The van der Waals surface area contributed by atoms with E-state index in [0.717, 1.165) is 0 Å². The Hall–Kier alpha value is -1.95. The number of hydrogen-bond donors (Lipinski definition) is 1. The van der Waals surface area contributed by atoms with Gasteiger partial charge in [-0.1, -0.05) is 12.0 Å². The zero-order valence-electron chi connectivity index (χ0n) is 8.65. The third-order valence-electron chi connectivity index (χ3n) is 1.52. The van der Waals surface area contributed by atoms with Crippen LogP contribution in [-0.2, 0) is 4.79 Å². The Balaban J connectivity index is 2.84. The van der Waals surface area contributed by atoms with Gasteiger partial charge in [-0.25, -0.2) is 4.79 Å². The van der Waals surface area contributed by atoms with Crippen LogP contribution in [0.25, 0.3) is 0 Å². The number of hydrogen-bond acceptors (Lipinski definition) is 2. The molecule has 0 heterocycles. The lowest BCUT2D eigenvalue weighted by Gasteiger charge is -2.09. The molecule has 0 bridgehead atoms. The van der Waals surface area contributed by atoms with Gasteiger partial charge in [-0.05, 0) is 32.0 Å². The molecule has 0 saturated carbocycles. The number of benzene rings is 1. The van der Waals surface area contributed by atoms with Crippen LogP contribution in [-0.4, -0.2) is 17.2 Å². The van der Waals surface area contributed by atoms with Gasteiger partial charge in [0.25, 0.3) is 0 Å². The van der Waals surface area contributed by atoms with E-state index in [0.29, 0.717) is 11.3 Å². The Kier molecular flexibility index (Phi) is 3.75. The normalized spacial score (nSPS) is 9.27. The highest BCUT2D eigenvalue weighted by atomic mass is 16.5. The molecule has 78 valence electrons. The van der Waals surface area contributed by atoms with E-state index in [1.807, 2.05) is 19.9 Å². The monoisotopic (exact) mass is 204 g/mol. The summed E-state index contributed by atoms with van der Waals surface area (Å²) in [6.07, 6.45) is 0.0904. The number of rotatable bonds is 2. The second-order valence-corrected chi connectivity index (χ2v) is 3.25. The van der Waals surface area contributed by atoms with E-state index in [-0.39, 0.29) is 6.10 Å². The van der Waals surface area contributed by atoms with Crippen molar-refractivity contribution in [2.24, 2.45) is 0 Å². The number of carbonyl (C=O) groups is 1. The predicted octanol–water partition coefficient (Wildman–Crippen LogP) is 1.91. The lowest BCUT2D eigenvalue weighted by atomic mass is 10.2. The standard InChI is InChI=1S/C12H12O3/c1-9(2)15-11-5-3-4-10(8-11)6-7-12(13)14/h3-5,8-9H,1-2H3,(H,13,14). The smallest absolute Gasteiger partial charge is 0.382 e. The quantitative estimate of drug-likeness (QED) is 0.748. The minimum Gasteiger partial charge on any atom is -0.491 e. The Morgan fingerprint density at radius 3 is 2.80 bits per heavy atom. The molecule has 0 aromatic heterocycles. The highest BCUT2D eigenvalue weighted by molar-refractivity contribution is 5.87. The molecule has 0 aliphatic carbocycles. The zero-order valence-corrected chi connectivity index (χ0v) is 8.65. The van der Waals surface area contributed by atoms with E-state index in [2.05, 4.69) is 11.8 Å². The van der Waals surface area contributed by atoms with Gasteiger partial charge in [0.15, 0.2) is 0 Å². The van der Waals surface area contributed by atoms with E-state index in [4.69, 9.17) is 9.84 Å². The number of ether oxygens (including phenoxy) is 1. The second-order valence-electron chi connectivity index (χ2n) is 3.25. The molecule has 0 saturated heterocycles. The average molecular weight is 204 g/mol. The number of aliphatic carboxylic acids is 1. The maximum absolute atomic E-state index is 10.2. The van der Waals surface area contributed by atoms with Gasteiger partial charge in [-0.15, -0.1) is 0 Å². The molecule has 1 aromatic rings. The van der Waals surface area contributed by atoms with Crippen LogP contribution in [0.15, 0.2) is 24.3 Å². The molecule has 15 heavy (non-hydrogen) atoms. The number of carboxylic acid groups (broad SMARTS) is 1. The van der Waals surface area contributed by atoms with Crippen molar-refractivity contribution in [1.29, 1.82) is 0 Å². The lowest BCUT2D eigenvalue weighted by molar-refractivity contribution is -0.130. The summed E-state index contributed by atoms with van der Waals surface area (Å²) in [4.78, 5) is 10.2. The van der Waals surface area contributed by atoms with Gasteiger partial charge in [0.1, 0.15) is 5.75 Å². The van der Waals surface area contributed by atoms with Crippen molar-refractivity contribution in [2.45, 2.75) is 20.0 Å². The molecule has 0 unspecified atom stereocenters. The van der Waals surface area contributed by atoms with Crippen molar-refractivity contribution >= 4 is 5.97 Å². The zero-order chi connectivity index (χ0) is 11.3. The Labute approximate surface area is 88.7 Å². The molecule has 0 spiro atoms. The topological polar surface area (TPSA) is 46.5 Å². The molecule has 3 heteroatoms. The first-order chi connectivity index (χ1) is 7.08. The SMILES string of the molecule is CC(C)Oc1cccc(C#CC(=O)O)c1. The predicted molar refractivity (Wildman–Crippen MR) is 56.7 cm³/mol. The summed E-state index contributed by atoms with van der Waals surface area (Å²) in [5.41, 5.74) is 0.635. The second kappa shape index (κ2) is 5.06. The summed E-state index contributed by atoms with van der Waals surface area (Å²) < 4.78 is 5.45. The Bertz CT molecular complexity index is 410. The first-order valence-corrected chi connectivity index (χ1v) is 4.59. The summed E-state index contributed by atoms with van der Waals surface area (Å²) in [7, 11) is 0. The minimum absolute atomic E-state index is 0.0904. The molecule has 1 aromatic carbocycles.